The fourth-order valence-corrected chi connectivity index (χ4v) is 1.84. The lowest BCUT2D eigenvalue weighted by atomic mass is 10.2. The Bertz CT molecular complexity index is 473. The van der Waals surface area contributed by atoms with E-state index in [4.69, 9.17) is 4.74 Å². The Labute approximate surface area is 125 Å². The summed E-state index contributed by atoms with van der Waals surface area (Å²) in [6.07, 6.45) is 1.25. The van der Waals surface area contributed by atoms with Gasteiger partial charge >= 0.3 is 5.97 Å². The van der Waals surface area contributed by atoms with Gasteiger partial charge in [-0.3, -0.25) is 9.59 Å². The van der Waals surface area contributed by atoms with Crippen molar-refractivity contribution in [2.75, 3.05) is 27.3 Å². The summed E-state index contributed by atoms with van der Waals surface area (Å²) in [7, 11) is 3.09. The van der Waals surface area contributed by atoms with E-state index in [1.165, 1.54) is 7.11 Å². The quantitative estimate of drug-likeness (QED) is 0.689. The highest BCUT2D eigenvalue weighted by atomic mass is 16.5. The van der Waals surface area contributed by atoms with Crippen molar-refractivity contribution in [1.29, 1.82) is 0 Å². The second kappa shape index (κ2) is 9.00. The molecule has 0 spiro atoms. The molecule has 0 aromatic heterocycles. The van der Waals surface area contributed by atoms with Gasteiger partial charge in [0.1, 0.15) is 5.75 Å². The average Bonchev–Trinajstić information content (AvgIpc) is 2.46. The highest BCUT2D eigenvalue weighted by molar-refractivity contribution is 5.76. The van der Waals surface area contributed by atoms with Gasteiger partial charge in [0.25, 0.3) is 0 Å². The molecular formula is C16H23NO4. The van der Waals surface area contributed by atoms with Crippen LogP contribution in [0.3, 0.4) is 0 Å². The summed E-state index contributed by atoms with van der Waals surface area (Å²) in [5, 5.41) is 0. The summed E-state index contributed by atoms with van der Waals surface area (Å²) < 4.78 is 10.1. The highest BCUT2D eigenvalue weighted by Crippen LogP contribution is 2.12. The molecular weight excluding hydrogens is 270 g/mol. The molecule has 5 nitrogen and oxygen atoms in total. The molecule has 0 bridgehead atoms. The predicted molar refractivity (Wildman–Crippen MR) is 80.2 cm³/mol. The Morgan fingerprint density at radius 2 is 2.00 bits per heavy atom. The number of ether oxygens (including phenoxy) is 2. The van der Waals surface area contributed by atoms with Crippen LogP contribution in [0.2, 0.25) is 0 Å². The van der Waals surface area contributed by atoms with Crippen LogP contribution in [0.5, 0.6) is 5.75 Å². The van der Waals surface area contributed by atoms with Crippen molar-refractivity contribution in [3.8, 4) is 5.75 Å². The first-order chi connectivity index (χ1) is 10.0. The smallest absolute Gasteiger partial charge is 0.305 e. The van der Waals surface area contributed by atoms with Crippen LogP contribution in [0.25, 0.3) is 0 Å². The molecule has 0 saturated carbocycles. The Morgan fingerprint density at radius 3 is 2.67 bits per heavy atom. The number of nitrogens with zero attached hydrogens (tertiary/aromatic N) is 1. The maximum Gasteiger partial charge on any atom is 0.305 e. The van der Waals surface area contributed by atoms with Crippen molar-refractivity contribution in [3.05, 3.63) is 29.8 Å². The van der Waals surface area contributed by atoms with Gasteiger partial charge in [0.05, 0.1) is 20.1 Å². The van der Waals surface area contributed by atoms with Crippen LogP contribution in [-0.4, -0.2) is 44.1 Å². The number of carbonyl (C=O) groups excluding carboxylic acids is 2. The van der Waals surface area contributed by atoms with Crippen molar-refractivity contribution in [2.24, 2.45) is 0 Å². The Morgan fingerprint density at radius 1 is 1.24 bits per heavy atom. The van der Waals surface area contributed by atoms with E-state index >= 15 is 0 Å². The van der Waals surface area contributed by atoms with E-state index < -0.39 is 0 Å². The molecule has 0 radical (unpaired) electrons. The number of rotatable bonds is 8. The van der Waals surface area contributed by atoms with Crippen LogP contribution < -0.4 is 4.74 Å². The molecule has 1 aromatic carbocycles. The third-order valence-electron chi connectivity index (χ3n) is 3.10. The molecule has 0 N–H and O–H groups in total. The lowest BCUT2D eigenvalue weighted by Gasteiger charge is -2.17. The molecule has 116 valence electrons. The summed E-state index contributed by atoms with van der Waals surface area (Å²) in [6.45, 7) is 2.88. The zero-order chi connectivity index (χ0) is 15.7. The van der Waals surface area contributed by atoms with Gasteiger partial charge in [-0.2, -0.15) is 0 Å². The molecule has 1 rings (SSSR count). The van der Waals surface area contributed by atoms with Gasteiger partial charge in [-0.1, -0.05) is 12.1 Å². The number of benzene rings is 1. The van der Waals surface area contributed by atoms with Gasteiger partial charge in [0, 0.05) is 20.0 Å². The third-order valence-corrected chi connectivity index (χ3v) is 3.10. The van der Waals surface area contributed by atoms with Crippen LogP contribution in [0.4, 0.5) is 0 Å². The number of hydrogen-bond acceptors (Lipinski definition) is 4. The monoisotopic (exact) mass is 293 g/mol. The largest absolute Gasteiger partial charge is 0.493 e. The first-order valence-electron chi connectivity index (χ1n) is 7.03. The molecule has 0 heterocycles. The normalized spacial score (nSPS) is 10.0. The topological polar surface area (TPSA) is 55.8 Å². The van der Waals surface area contributed by atoms with Crippen LogP contribution >= 0.6 is 0 Å². The predicted octanol–water partition coefficient (Wildman–Crippen LogP) is 2.18. The van der Waals surface area contributed by atoms with Gasteiger partial charge in [0.2, 0.25) is 5.91 Å². The molecule has 0 aliphatic heterocycles. The average molecular weight is 293 g/mol. The standard InChI is InChI=1S/C16H23NO4/c1-13-6-4-7-14(12-13)21-11-9-15(18)17(2)10-5-8-16(19)20-3/h4,6-7,12H,5,8-11H2,1-3H3. The minimum Gasteiger partial charge on any atom is -0.493 e. The molecule has 0 fully saturated rings. The Hall–Kier alpha value is -2.04. The molecule has 1 aromatic rings. The summed E-state index contributed by atoms with van der Waals surface area (Å²) in [4.78, 5) is 24.5. The maximum atomic E-state index is 11.9. The van der Waals surface area contributed by atoms with Crippen molar-refractivity contribution < 1.29 is 19.1 Å². The van der Waals surface area contributed by atoms with Gasteiger partial charge in [-0.15, -0.1) is 0 Å². The van der Waals surface area contributed by atoms with E-state index in [0.717, 1.165) is 11.3 Å². The molecule has 0 aliphatic carbocycles. The van der Waals surface area contributed by atoms with E-state index in [-0.39, 0.29) is 11.9 Å². The second-order valence-electron chi connectivity index (χ2n) is 4.91. The second-order valence-corrected chi connectivity index (χ2v) is 4.91. The van der Waals surface area contributed by atoms with E-state index in [1.807, 2.05) is 31.2 Å². The lowest BCUT2D eigenvalue weighted by molar-refractivity contribution is -0.141. The van der Waals surface area contributed by atoms with Crippen molar-refractivity contribution in [3.63, 3.8) is 0 Å². The summed E-state index contributed by atoms with van der Waals surface area (Å²) in [5.41, 5.74) is 1.12. The van der Waals surface area contributed by atoms with Crippen LogP contribution in [-0.2, 0) is 14.3 Å². The first-order valence-corrected chi connectivity index (χ1v) is 7.03. The minimum atomic E-state index is -0.251. The molecule has 1 amide bonds. The molecule has 0 aliphatic rings. The third kappa shape index (κ3) is 6.79. The molecule has 0 atom stereocenters. The van der Waals surface area contributed by atoms with E-state index in [9.17, 15) is 9.59 Å². The van der Waals surface area contributed by atoms with Gasteiger partial charge < -0.3 is 14.4 Å². The zero-order valence-electron chi connectivity index (χ0n) is 12.9. The van der Waals surface area contributed by atoms with Crippen LogP contribution in [0, 0.1) is 6.92 Å². The van der Waals surface area contributed by atoms with E-state index in [1.54, 1.807) is 11.9 Å². The Kier molecular flexibility index (Phi) is 7.29. The first kappa shape index (κ1) is 17.0. The van der Waals surface area contributed by atoms with E-state index in [2.05, 4.69) is 4.74 Å². The van der Waals surface area contributed by atoms with E-state index in [0.29, 0.717) is 32.4 Å². The van der Waals surface area contributed by atoms with Crippen LogP contribution in [0.15, 0.2) is 24.3 Å². The summed E-state index contributed by atoms with van der Waals surface area (Å²) in [5.74, 6) is 0.530. The lowest BCUT2D eigenvalue weighted by Crippen LogP contribution is -2.29. The fraction of sp³-hybridized carbons (Fsp3) is 0.500. The van der Waals surface area contributed by atoms with Crippen molar-refractivity contribution in [2.45, 2.75) is 26.2 Å². The maximum absolute atomic E-state index is 11.9. The number of methoxy groups -OCH3 is 1. The minimum absolute atomic E-state index is 0.00696. The molecule has 0 saturated heterocycles. The van der Waals surface area contributed by atoms with Gasteiger partial charge in [-0.05, 0) is 31.0 Å². The zero-order valence-corrected chi connectivity index (χ0v) is 12.9. The Balaban J connectivity index is 2.22. The highest BCUT2D eigenvalue weighted by Gasteiger charge is 2.09. The summed E-state index contributed by atoms with van der Waals surface area (Å²) in [6, 6.07) is 7.72. The number of amides is 1. The molecule has 21 heavy (non-hydrogen) atoms. The van der Waals surface area contributed by atoms with Crippen molar-refractivity contribution in [1.82, 2.24) is 4.90 Å². The number of carbonyl (C=O) groups is 2. The number of aryl methyl sites for hydroxylation is 1. The van der Waals surface area contributed by atoms with Crippen LogP contribution in [0.1, 0.15) is 24.8 Å². The van der Waals surface area contributed by atoms with Gasteiger partial charge in [0.15, 0.2) is 0 Å². The summed E-state index contributed by atoms with van der Waals surface area (Å²) >= 11 is 0. The molecule has 0 unspecified atom stereocenters. The van der Waals surface area contributed by atoms with Gasteiger partial charge in [-0.25, -0.2) is 0 Å². The van der Waals surface area contributed by atoms with Crippen molar-refractivity contribution >= 4 is 11.9 Å². The molecule has 5 heteroatoms. The number of hydrogen-bond donors (Lipinski definition) is 0. The SMILES string of the molecule is COC(=O)CCCN(C)C(=O)CCOc1cccc(C)c1. The fourth-order valence-electron chi connectivity index (χ4n) is 1.84. The number of esters is 1.